The molecule has 2 heterocycles. The molecule has 0 unspecified atom stereocenters. The summed E-state index contributed by atoms with van der Waals surface area (Å²) < 4.78 is 73.4. The Hall–Kier alpha value is -3.11. The smallest absolute Gasteiger partial charge is 0.417 e. The van der Waals surface area contributed by atoms with E-state index in [0.717, 1.165) is 43.3 Å². The predicted molar refractivity (Wildman–Crippen MR) is 126 cm³/mol. The number of halogens is 3. The Morgan fingerprint density at radius 1 is 1.06 bits per heavy atom. The van der Waals surface area contributed by atoms with Gasteiger partial charge in [0.1, 0.15) is 17.3 Å². The molecule has 1 aliphatic heterocycles. The molecule has 0 spiro atoms. The number of anilines is 2. The van der Waals surface area contributed by atoms with Crippen molar-refractivity contribution < 1.29 is 31.1 Å². The van der Waals surface area contributed by atoms with Gasteiger partial charge < -0.3 is 14.8 Å². The number of sulfone groups is 1. The fourth-order valence-electron chi connectivity index (χ4n) is 3.84. The average Bonchev–Trinajstić information content (AvgIpc) is 2.81. The number of nitrogens with zero attached hydrogens (tertiary/aromatic N) is 1. The third kappa shape index (κ3) is 6.73. The van der Waals surface area contributed by atoms with E-state index in [1.807, 2.05) is 6.07 Å². The van der Waals surface area contributed by atoms with Gasteiger partial charge in [-0.3, -0.25) is 0 Å². The fourth-order valence-corrected chi connectivity index (χ4v) is 4.47. The van der Waals surface area contributed by atoms with Crippen LogP contribution in [0, 0.1) is 5.92 Å². The lowest BCUT2D eigenvalue weighted by Crippen LogP contribution is -2.17. The van der Waals surface area contributed by atoms with Crippen LogP contribution in [0.15, 0.2) is 65.7 Å². The minimum atomic E-state index is -4.44. The molecular formula is C25H25F3N2O4S. The van der Waals surface area contributed by atoms with Crippen molar-refractivity contribution in [2.24, 2.45) is 5.92 Å². The molecule has 0 amide bonds. The monoisotopic (exact) mass is 506 g/mol. The standard InChI is InChI=1S/C25H25F3N2O4S/c1-35(31,32)22-6-4-21(5-7-22)34-23-8-3-20(15-18(23)14-17-10-12-33-13-11-17)30-24-9-2-19(16-29-24)25(26,27)28/h2-9,15-17H,10-14H2,1H3,(H,29,30). The summed E-state index contributed by atoms with van der Waals surface area (Å²) in [5, 5.41) is 3.05. The number of nitrogens with one attached hydrogen (secondary N) is 1. The Bertz CT molecular complexity index is 1260. The van der Waals surface area contributed by atoms with Crippen molar-refractivity contribution in [1.82, 2.24) is 4.98 Å². The zero-order valence-corrected chi connectivity index (χ0v) is 19.8. The van der Waals surface area contributed by atoms with E-state index < -0.39 is 21.6 Å². The van der Waals surface area contributed by atoms with Crippen molar-refractivity contribution >= 4 is 21.3 Å². The van der Waals surface area contributed by atoms with Gasteiger partial charge in [0, 0.05) is 31.4 Å². The van der Waals surface area contributed by atoms with Gasteiger partial charge in [-0.1, -0.05) is 0 Å². The molecule has 3 aromatic rings. The van der Waals surface area contributed by atoms with Gasteiger partial charge in [0.2, 0.25) is 0 Å². The van der Waals surface area contributed by atoms with E-state index in [1.165, 1.54) is 18.2 Å². The Labute approximate surface area is 202 Å². The summed E-state index contributed by atoms with van der Waals surface area (Å²) in [6.07, 6.45) is 0.0627. The minimum absolute atomic E-state index is 0.205. The van der Waals surface area contributed by atoms with E-state index in [2.05, 4.69) is 10.3 Å². The van der Waals surface area contributed by atoms with E-state index in [9.17, 15) is 21.6 Å². The zero-order chi connectivity index (χ0) is 25.1. The maximum absolute atomic E-state index is 12.8. The van der Waals surface area contributed by atoms with Crippen LogP contribution in [0.25, 0.3) is 0 Å². The largest absolute Gasteiger partial charge is 0.457 e. The number of hydrogen-bond acceptors (Lipinski definition) is 6. The summed E-state index contributed by atoms with van der Waals surface area (Å²) in [7, 11) is -3.31. The summed E-state index contributed by atoms with van der Waals surface area (Å²) in [6.45, 7) is 1.39. The molecule has 35 heavy (non-hydrogen) atoms. The quantitative estimate of drug-likeness (QED) is 0.423. The van der Waals surface area contributed by atoms with Crippen molar-refractivity contribution in [3.05, 3.63) is 71.9 Å². The van der Waals surface area contributed by atoms with Gasteiger partial charge in [-0.2, -0.15) is 13.2 Å². The second-order valence-corrected chi connectivity index (χ2v) is 10.5. The van der Waals surface area contributed by atoms with Crippen LogP contribution < -0.4 is 10.1 Å². The first-order chi connectivity index (χ1) is 16.6. The molecule has 1 N–H and O–H groups in total. The fraction of sp³-hybridized carbons (Fsp3) is 0.320. The molecule has 1 fully saturated rings. The molecule has 186 valence electrons. The normalized spacial score (nSPS) is 15.1. The van der Waals surface area contributed by atoms with Crippen LogP contribution in [0.3, 0.4) is 0 Å². The first-order valence-corrected chi connectivity index (χ1v) is 13.0. The summed E-state index contributed by atoms with van der Waals surface area (Å²) in [5.41, 5.74) is 0.772. The van der Waals surface area contributed by atoms with Gasteiger partial charge in [-0.05, 0) is 85.3 Å². The van der Waals surface area contributed by atoms with E-state index in [4.69, 9.17) is 9.47 Å². The molecule has 4 rings (SSSR count). The van der Waals surface area contributed by atoms with E-state index >= 15 is 0 Å². The highest BCUT2D eigenvalue weighted by atomic mass is 32.2. The number of hydrogen-bond donors (Lipinski definition) is 1. The zero-order valence-electron chi connectivity index (χ0n) is 19.0. The molecule has 0 saturated carbocycles. The van der Waals surface area contributed by atoms with E-state index in [1.54, 1.807) is 24.3 Å². The van der Waals surface area contributed by atoms with Crippen LogP contribution in [-0.4, -0.2) is 32.9 Å². The third-order valence-corrected chi connectivity index (χ3v) is 6.88. The third-order valence-electron chi connectivity index (χ3n) is 5.75. The molecule has 6 nitrogen and oxygen atoms in total. The molecule has 1 saturated heterocycles. The number of pyridine rings is 1. The maximum atomic E-state index is 12.8. The Morgan fingerprint density at radius 3 is 2.37 bits per heavy atom. The van der Waals surface area contributed by atoms with Gasteiger partial charge in [-0.25, -0.2) is 13.4 Å². The highest BCUT2D eigenvalue weighted by molar-refractivity contribution is 7.90. The molecular weight excluding hydrogens is 481 g/mol. The van der Waals surface area contributed by atoms with Crippen LogP contribution >= 0.6 is 0 Å². The summed E-state index contributed by atoms with van der Waals surface area (Å²) in [5.74, 6) is 1.81. The first-order valence-electron chi connectivity index (χ1n) is 11.1. The van der Waals surface area contributed by atoms with E-state index in [-0.39, 0.29) is 4.90 Å². The Morgan fingerprint density at radius 2 is 1.77 bits per heavy atom. The molecule has 0 radical (unpaired) electrons. The highest BCUT2D eigenvalue weighted by Crippen LogP contribution is 2.34. The second-order valence-electron chi connectivity index (χ2n) is 8.48. The average molecular weight is 507 g/mol. The molecule has 0 bridgehead atoms. The van der Waals surface area contributed by atoms with Crippen LogP contribution in [0.1, 0.15) is 24.0 Å². The number of benzene rings is 2. The van der Waals surface area contributed by atoms with Crippen molar-refractivity contribution in [3.8, 4) is 11.5 Å². The highest BCUT2D eigenvalue weighted by Gasteiger charge is 2.30. The lowest BCUT2D eigenvalue weighted by atomic mass is 9.92. The molecule has 2 aromatic carbocycles. The SMILES string of the molecule is CS(=O)(=O)c1ccc(Oc2ccc(Nc3ccc(C(F)(F)F)cn3)cc2CC2CCOCC2)cc1. The first kappa shape index (κ1) is 25.0. The summed E-state index contributed by atoms with van der Waals surface area (Å²) >= 11 is 0. The molecule has 10 heteroatoms. The number of rotatable bonds is 7. The second kappa shape index (κ2) is 10.2. The van der Waals surface area contributed by atoms with Gasteiger partial charge in [0.15, 0.2) is 9.84 Å². The van der Waals surface area contributed by atoms with Crippen LogP contribution in [0.4, 0.5) is 24.7 Å². The van der Waals surface area contributed by atoms with Gasteiger partial charge in [0.05, 0.1) is 10.5 Å². The number of ether oxygens (including phenoxy) is 2. The minimum Gasteiger partial charge on any atom is -0.457 e. The Balaban J connectivity index is 1.57. The lowest BCUT2D eigenvalue weighted by molar-refractivity contribution is -0.137. The summed E-state index contributed by atoms with van der Waals surface area (Å²) in [4.78, 5) is 4.08. The number of alkyl halides is 3. The summed E-state index contributed by atoms with van der Waals surface area (Å²) in [6, 6.07) is 13.9. The van der Waals surface area contributed by atoms with Crippen molar-refractivity contribution in [2.45, 2.75) is 30.3 Å². The van der Waals surface area contributed by atoms with Gasteiger partial charge in [0.25, 0.3) is 0 Å². The van der Waals surface area contributed by atoms with Crippen LogP contribution in [0.2, 0.25) is 0 Å². The van der Waals surface area contributed by atoms with Gasteiger partial charge >= 0.3 is 6.18 Å². The molecule has 0 atom stereocenters. The number of aromatic nitrogens is 1. The Kier molecular flexibility index (Phi) is 7.32. The molecule has 1 aromatic heterocycles. The van der Waals surface area contributed by atoms with Crippen LogP contribution in [-0.2, 0) is 27.2 Å². The van der Waals surface area contributed by atoms with Crippen molar-refractivity contribution in [3.63, 3.8) is 0 Å². The lowest BCUT2D eigenvalue weighted by Gasteiger charge is -2.23. The molecule has 1 aliphatic rings. The van der Waals surface area contributed by atoms with Crippen molar-refractivity contribution in [2.75, 3.05) is 24.8 Å². The van der Waals surface area contributed by atoms with Gasteiger partial charge in [-0.15, -0.1) is 0 Å². The molecule has 0 aliphatic carbocycles. The van der Waals surface area contributed by atoms with Crippen LogP contribution in [0.5, 0.6) is 11.5 Å². The van der Waals surface area contributed by atoms with E-state index in [0.29, 0.717) is 42.1 Å². The van der Waals surface area contributed by atoms with Crippen molar-refractivity contribution in [1.29, 1.82) is 0 Å². The topological polar surface area (TPSA) is 77.5 Å². The predicted octanol–water partition coefficient (Wildman–Crippen LogP) is 6.01. The maximum Gasteiger partial charge on any atom is 0.417 e.